The van der Waals surface area contributed by atoms with Crippen molar-refractivity contribution in [3.8, 4) is 0 Å². The molecule has 0 saturated carbocycles. The molecule has 0 fully saturated rings. The van der Waals surface area contributed by atoms with Gasteiger partial charge < -0.3 is 5.32 Å². The molecule has 0 atom stereocenters. The molecule has 0 heterocycles. The molecule has 1 nitrogen and oxygen atoms in total. The van der Waals surface area contributed by atoms with Crippen LogP contribution in [-0.4, -0.2) is 12.4 Å². The molecule has 0 aliphatic rings. The van der Waals surface area contributed by atoms with Gasteiger partial charge >= 0.3 is 0 Å². The first-order chi connectivity index (χ1) is 7.40. The normalized spacial score (nSPS) is 11.9. The van der Waals surface area contributed by atoms with Gasteiger partial charge in [0.1, 0.15) is 0 Å². The fourth-order valence-corrected chi connectivity index (χ4v) is 2.26. The van der Waals surface area contributed by atoms with E-state index in [9.17, 15) is 0 Å². The zero-order chi connectivity index (χ0) is 12.3. The lowest BCUT2D eigenvalue weighted by Crippen LogP contribution is -2.33. The van der Waals surface area contributed by atoms with E-state index in [4.69, 9.17) is 0 Å². The summed E-state index contributed by atoms with van der Waals surface area (Å²) in [4.78, 5) is 0. The maximum absolute atomic E-state index is 4.20. The summed E-state index contributed by atoms with van der Waals surface area (Å²) in [5, 5.41) is 3.31. The van der Waals surface area contributed by atoms with Gasteiger partial charge in [-0.05, 0) is 43.0 Å². The Bertz CT molecular complexity index is 369. The first-order valence-corrected chi connectivity index (χ1v) is 6.42. The molecule has 0 saturated heterocycles. The number of nitrogens with one attached hydrogen (secondary N) is 1. The highest BCUT2D eigenvalue weighted by molar-refractivity contribution is 7.80. The second kappa shape index (κ2) is 5.24. The van der Waals surface area contributed by atoms with E-state index in [1.54, 1.807) is 0 Å². The van der Waals surface area contributed by atoms with Crippen LogP contribution >= 0.6 is 12.6 Å². The van der Waals surface area contributed by atoms with Crippen LogP contribution in [0.1, 0.15) is 36.1 Å². The standard InChI is InChI=1S/C14H23NS/c1-10-6-7-13(12(3)11(10)2)14(4,5)8-15-9-16/h6-7,15-16H,8-9H2,1-5H3. The van der Waals surface area contributed by atoms with Crippen molar-refractivity contribution in [3.05, 3.63) is 34.4 Å². The van der Waals surface area contributed by atoms with Crippen molar-refractivity contribution < 1.29 is 0 Å². The molecule has 0 amide bonds. The fourth-order valence-electron chi connectivity index (χ4n) is 2.15. The van der Waals surface area contributed by atoms with Crippen LogP contribution in [0.15, 0.2) is 12.1 Å². The number of hydrogen-bond acceptors (Lipinski definition) is 2. The van der Waals surface area contributed by atoms with E-state index in [-0.39, 0.29) is 5.41 Å². The summed E-state index contributed by atoms with van der Waals surface area (Å²) < 4.78 is 0. The third-order valence-corrected chi connectivity index (χ3v) is 3.69. The van der Waals surface area contributed by atoms with Crippen LogP contribution in [0, 0.1) is 20.8 Å². The van der Waals surface area contributed by atoms with Crippen LogP contribution in [0.3, 0.4) is 0 Å². The van der Waals surface area contributed by atoms with Gasteiger partial charge in [-0.15, -0.1) is 0 Å². The molecule has 1 rings (SSSR count). The molecular formula is C14H23NS. The average molecular weight is 237 g/mol. The topological polar surface area (TPSA) is 12.0 Å². The Morgan fingerprint density at radius 3 is 2.31 bits per heavy atom. The van der Waals surface area contributed by atoms with Gasteiger partial charge in [0.15, 0.2) is 0 Å². The van der Waals surface area contributed by atoms with Gasteiger partial charge in [0.2, 0.25) is 0 Å². The van der Waals surface area contributed by atoms with Crippen molar-refractivity contribution >= 4 is 12.6 Å². The summed E-state index contributed by atoms with van der Waals surface area (Å²) in [5.74, 6) is 0.729. The van der Waals surface area contributed by atoms with E-state index < -0.39 is 0 Å². The average Bonchev–Trinajstić information content (AvgIpc) is 2.23. The minimum Gasteiger partial charge on any atom is -0.307 e. The van der Waals surface area contributed by atoms with Crippen molar-refractivity contribution in [1.29, 1.82) is 0 Å². The Kier molecular flexibility index (Phi) is 4.45. The van der Waals surface area contributed by atoms with E-state index in [0.717, 1.165) is 12.4 Å². The number of benzene rings is 1. The van der Waals surface area contributed by atoms with Gasteiger partial charge in [-0.2, -0.15) is 12.6 Å². The zero-order valence-electron chi connectivity index (χ0n) is 11.0. The van der Waals surface area contributed by atoms with E-state index in [1.165, 1.54) is 22.3 Å². The molecule has 0 bridgehead atoms. The number of rotatable bonds is 4. The molecular weight excluding hydrogens is 214 g/mol. The van der Waals surface area contributed by atoms with Gasteiger partial charge in [0.05, 0.1) is 0 Å². The van der Waals surface area contributed by atoms with Crippen LogP contribution in [0.25, 0.3) is 0 Å². The third kappa shape index (κ3) is 2.80. The summed E-state index contributed by atoms with van der Waals surface area (Å²) in [6.07, 6.45) is 0. The molecule has 0 aliphatic heterocycles. The van der Waals surface area contributed by atoms with Crippen molar-refractivity contribution in [2.75, 3.05) is 12.4 Å². The predicted molar refractivity (Wildman–Crippen MR) is 75.5 cm³/mol. The second-order valence-corrected chi connectivity index (χ2v) is 5.47. The zero-order valence-corrected chi connectivity index (χ0v) is 11.9. The van der Waals surface area contributed by atoms with Gasteiger partial charge in [0, 0.05) is 17.8 Å². The first kappa shape index (κ1) is 13.6. The van der Waals surface area contributed by atoms with Crippen molar-refractivity contribution in [1.82, 2.24) is 5.32 Å². The summed E-state index contributed by atoms with van der Waals surface area (Å²) in [5.41, 5.74) is 5.80. The molecule has 16 heavy (non-hydrogen) atoms. The summed E-state index contributed by atoms with van der Waals surface area (Å²) in [7, 11) is 0. The molecule has 0 aromatic heterocycles. The lowest BCUT2D eigenvalue weighted by Gasteiger charge is -2.28. The molecule has 0 radical (unpaired) electrons. The van der Waals surface area contributed by atoms with Crippen LogP contribution in [0.5, 0.6) is 0 Å². The van der Waals surface area contributed by atoms with Gasteiger partial charge in [-0.25, -0.2) is 0 Å². The first-order valence-electron chi connectivity index (χ1n) is 5.79. The molecule has 0 spiro atoms. The monoisotopic (exact) mass is 237 g/mol. The Balaban J connectivity index is 3.08. The number of thiol groups is 1. The lowest BCUT2D eigenvalue weighted by atomic mass is 9.80. The summed E-state index contributed by atoms with van der Waals surface area (Å²) >= 11 is 4.20. The van der Waals surface area contributed by atoms with Crippen molar-refractivity contribution in [2.24, 2.45) is 0 Å². The van der Waals surface area contributed by atoms with Crippen molar-refractivity contribution in [3.63, 3.8) is 0 Å². The highest BCUT2D eigenvalue weighted by atomic mass is 32.1. The minimum absolute atomic E-state index is 0.158. The Morgan fingerprint density at radius 1 is 1.12 bits per heavy atom. The quantitative estimate of drug-likeness (QED) is 0.604. The highest BCUT2D eigenvalue weighted by Gasteiger charge is 2.22. The molecule has 2 heteroatoms. The Hall–Kier alpha value is -0.470. The maximum atomic E-state index is 4.20. The molecule has 1 aromatic carbocycles. The smallest absolute Gasteiger partial charge is 0.0387 e. The van der Waals surface area contributed by atoms with Crippen LogP contribution in [0.2, 0.25) is 0 Å². The van der Waals surface area contributed by atoms with Crippen LogP contribution < -0.4 is 5.32 Å². The van der Waals surface area contributed by atoms with E-state index in [1.807, 2.05) is 0 Å². The van der Waals surface area contributed by atoms with Crippen LogP contribution in [0.4, 0.5) is 0 Å². The SMILES string of the molecule is Cc1ccc(C(C)(C)CNCS)c(C)c1C. The number of hydrogen-bond donors (Lipinski definition) is 2. The van der Waals surface area contributed by atoms with Gasteiger partial charge in [0.25, 0.3) is 0 Å². The Morgan fingerprint density at radius 2 is 1.75 bits per heavy atom. The van der Waals surface area contributed by atoms with E-state index in [2.05, 4.69) is 64.7 Å². The molecule has 1 N–H and O–H groups in total. The Labute approximate surface area is 105 Å². The maximum Gasteiger partial charge on any atom is 0.0387 e. The van der Waals surface area contributed by atoms with Crippen molar-refractivity contribution in [2.45, 2.75) is 40.0 Å². The highest BCUT2D eigenvalue weighted by Crippen LogP contribution is 2.28. The largest absolute Gasteiger partial charge is 0.307 e. The summed E-state index contributed by atoms with van der Waals surface area (Å²) in [6.45, 7) is 12.1. The van der Waals surface area contributed by atoms with E-state index in [0.29, 0.717) is 0 Å². The predicted octanol–water partition coefficient (Wildman–Crippen LogP) is 3.37. The third-order valence-electron chi connectivity index (χ3n) is 3.47. The van der Waals surface area contributed by atoms with E-state index >= 15 is 0 Å². The molecule has 90 valence electrons. The minimum atomic E-state index is 0.158. The number of aryl methyl sites for hydroxylation is 1. The van der Waals surface area contributed by atoms with Gasteiger partial charge in [-0.1, -0.05) is 26.0 Å². The fraction of sp³-hybridized carbons (Fsp3) is 0.571. The second-order valence-electron chi connectivity index (χ2n) is 5.15. The summed E-state index contributed by atoms with van der Waals surface area (Å²) in [6, 6.07) is 4.48. The van der Waals surface area contributed by atoms with Gasteiger partial charge in [-0.3, -0.25) is 0 Å². The lowest BCUT2D eigenvalue weighted by molar-refractivity contribution is 0.487. The molecule has 1 aromatic rings. The van der Waals surface area contributed by atoms with Crippen LogP contribution in [-0.2, 0) is 5.41 Å². The molecule has 0 unspecified atom stereocenters. The molecule has 0 aliphatic carbocycles.